The van der Waals surface area contributed by atoms with Crippen molar-refractivity contribution >= 4 is 39.8 Å². The number of aryl methyl sites for hydroxylation is 2. The molecule has 1 aromatic carbocycles. The zero-order chi connectivity index (χ0) is 22.0. The van der Waals surface area contributed by atoms with Crippen molar-refractivity contribution in [3.8, 4) is 6.07 Å². The number of hydrogen-bond donors (Lipinski definition) is 2. The Morgan fingerprint density at radius 2 is 2.10 bits per heavy atom. The number of nitrogens with zero attached hydrogens (tertiary/aromatic N) is 4. The lowest BCUT2D eigenvalue weighted by molar-refractivity contribution is 0.0983. The molecule has 30 heavy (non-hydrogen) atoms. The van der Waals surface area contributed by atoms with Crippen LogP contribution in [0.25, 0.3) is 11.0 Å². The second-order valence-corrected chi connectivity index (χ2v) is 7.43. The number of fused-ring (bicyclic) bond motifs is 1. The molecule has 2 aromatic heterocycles. The van der Waals surface area contributed by atoms with Crippen molar-refractivity contribution < 1.29 is 9.90 Å². The molecular formula is C21H22ClN5O3. The lowest BCUT2D eigenvalue weighted by Crippen LogP contribution is -2.23. The van der Waals surface area contributed by atoms with Crippen LogP contribution in [0.1, 0.15) is 42.7 Å². The van der Waals surface area contributed by atoms with E-state index in [4.69, 9.17) is 11.6 Å². The van der Waals surface area contributed by atoms with Crippen LogP contribution in [0.5, 0.6) is 0 Å². The lowest BCUT2D eigenvalue weighted by Gasteiger charge is -2.12. The van der Waals surface area contributed by atoms with Gasteiger partial charge in [0.1, 0.15) is 22.5 Å². The van der Waals surface area contributed by atoms with E-state index < -0.39 is 6.10 Å². The topological polar surface area (TPSA) is 113 Å². The summed E-state index contributed by atoms with van der Waals surface area (Å²) in [6.07, 6.45) is 0.179. The number of imidazole rings is 1. The Morgan fingerprint density at radius 3 is 2.73 bits per heavy atom. The number of aliphatic hydroxyl groups is 1. The van der Waals surface area contributed by atoms with Crippen molar-refractivity contribution in [2.24, 2.45) is 7.05 Å². The molecular weight excluding hydrogens is 406 g/mol. The predicted molar refractivity (Wildman–Crippen MR) is 115 cm³/mol. The number of pyridine rings is 1. The molecule has 0 radical (unpaired) electrons. The fourth-order valence-corrected chi connectivity index (χ4v) is 3.45. The molecule has 3 aromatic rings. The van der Waals surface area contributed by atoms with Crippen LogP contribution in [0.15, 0.2) is 29.1 Å². The summed E-state index contributed by atoms with van der Waals surface area (Å²) in [7, 11) is 1.69. The summed E-state index contributed by atoms with van der Waals surface area (Å²) >= 11 is 6.12. The maximum atomic E-state index is 12.6. The summed E-state index contributed by atoms with van der Waals surface area (Å²) in [4.78, 5) is 28.7. The van der Waals surface area contributed by atoms with Crippen LogP contribution in [0.3, 0.4) is 0 Å². The average molecular weight is 428 g/mol. The number of carbonyl (C=O) groups excluding carboxylic acids is 1. The number of rotatable bonds is 7. The van der Waals surface area contributed by atoms with E-state index in [1.54, 1.807) is 48.2 Å². The van der Waals surface area contributed by atoms with Gasteiger partial charge in [0.05, 0.1) is 22.8 Å². The molecule has 0 unspecified atom stereocenters. The van der Waals surface area contributed by atoms with E-state index in [0.29, 0.717) is 29.9 Å². The number of aromatic nitrogens is 3. The van der Waals surface area contributed by atoms with Gasteiger partial charge in [-0.25, -0.2) is 9.78 Å². The molecule has 8 nitrogen and oxygen atoms in total. The summed E-state index contributed by atoms with van der Waals surface area (Å²) in [6.45, 7) is 3.77. The van der Waals surface area contributed by atoms with Gasteiger partial charge in [-0.3, -0.25) is 13.9 Å². The third kappa shape index (κ3) is 4.08. The monoisotopic (exact) mass is 427 g/mol. The Morgan fingerprint density at radius 1 is 1.37 bits per heavy atom. The SMILES string of the molecule is CCC(=O)c1cc(Nc2ccc3c(c2)n(CC[C@@H](C)O)c(=O)n3C)c(C#N)c(Cl)n1. The van der Waals surface area contributed by atoms with Gasteiger partial charge in [0.25, 0.3) is 0 Å². The number of halogens is 1. The quantitative estimate of drug-likeness (QED) is 0.441. The Bertz CT molecular complexity index is 1220. The molecule has 0 aliphatic heterocycles. The molecule has 0 amide bonds. The second-order valence-electron chi connectivity index (χ2n) is 7.07. The number of aliphatic hydroxyl groups excluding tert-OH is 1. The highest BCUT2D eigenvalue weighted by Crippen LogP contribution is 2.28. The minimum atomic E-state index is -0.528. The van der Waals surface area contributed by atoms with Crippen LogP contribution < -0.4 is 11.0 Å². The van der Waals surface area contributed by atoms with Gasteiger partial charge in [0.2, 0.25) is 0 Å². The summed E-state index contributed by atoms with van der Waals surface area (Å²) < 4.78 is 3.15. The standard InChI is InChI=1S/C21H22ClN5O3/c1-4-19(29)16-10-15(14(11-23)20(22)25-16)24-13-5-6-17-18(9-13)27(8-7-12(2)28)21(30)26(17)3/h5-6,9-10,12,28H,4,7-8H2,1-3H3,(H,24,25)/t12-/m1/s1. The van der Waals surface area contributed by atoms with Crippen molar-refractivity contribution in [3.63, 3.8) is 0 Å². The number of nitrogens with one attached hydrogen (secondary N) is 1. The zero-order valence-corrected chi connectivity index (χ0v) is 17.7. The maximum absolute atomic E-state index is 12.6. The Hall–Kier alpha value is -3.15. The molecule has 0 spiro atoms. The van der Waals surface area contributed by atoms with Gasteiger partial charge in [-0.1, -0.05) is 18.5 Å². The van der Waals surface area contributed by atoms with E-state index in [1.165, 1.54) is 6.07 Å². The number of nitriles is 1. The first-order chi connectivity index (χ1) is 14.3. The van der Waals surface area contributed by atoms with Crippen LogP contribution in [0.4, 0.5) is 11.4 Å². The van der Waals surface area contributed by atoms with E-state index in [9.17, 15) is 20.0 Å². The van der Waals surface area contributed by atoms with Crippen molar-refractivity contribution in [2.75, 3.05) is 5.32 Å². The minimum absolute atomic E-state index is 0.0473. The number of carbonyl (C=O) groups is 1. The normalized spacial score (nSPS) is 12.0. The second kappa shape index (κ2) is 8.69. The van der Waals surface area contributed by atoms with Crippen LogP contribution >= 0.6 is 11.6 Å². The summed E-state index contributed by atoms with van der Waals surface area (Å²) in [5.74, 6) is -0.185. The zero-order valence-electron chi connectivity index (χ0n) is 16.9. The van der Waals surface area contributed by atoms with E-state index in [-0.39, 0.29) is 34.3 Å². The highest BCUT2D eigenvalue weighted by Gasteiger charge is 2.16. The van der Waals surface area contributed by atoms with Crippen molar-refractivity contribution in [2.45, 2.75) is 39.3 Å². The first-order valence-electron chi connectivity index (χ1n) is 9.55. The van der Waals surface area contributed by atoms with Gasteiger partial charge < -0.3 is 10.4 Å². The first-order valence-corrected chi connectivity index (χ1v) is 9.92. The van der Waals surface area contributed by atoms with E-state index in [2.05, 4.69) is 10.3 Å². The highest BCUT2D eigenvalue weighted by atomic mass is 35.5. The van der Waals surface area contributed by atoms with Crippen LogP contribution in [-0.4, -0.2) is 31.1 Å². The van der Waals surface area contributed by atoms with Crippen molar-refractivity contribution in [1.29, 1.82) is 5.26 Å². The third-order valence-corrected chi connectivity index (χ3v) is 5.16. The molecule has 0 aliphatic carbocycles. The summed E-state index contributed by atoms with van der Waals surface area (Å²) in [5, 5.41) is 22.1. The molecule has 156 valence electrons. The van der Waals surface area contributed by atoms with Gasteiger partial charge >= 0.3 is 5.69 Å². The van der Waals surface area contributed by atoms with Gasteiger partial charge in [0, 0.05) is 25.7 Å². The minimum Gasteiger partial charge on any atom is -0.393 e. The highest BCUT2D eigenvalue weighted by molar-refractivity contribution is 6.31. The van der Waals surface area contributed by atoms with Crippen LogP contribution in [0.2, 0.25) is 5.15 Å². The fourth-order valence-electron chi connectivity index (χ4n) is 3.22. The molecule has 0 saturated heterocycles. The molecule has 2 heterocycles. The molecule has 3 rings (SSSR count). The molecule has 0 bridgehead atoms. The number of benzene rings is 1. The van der Waals surface area contributed by atoms with E-state index in [1.807, 2.05) is 6.07 Å². The van der Waals surface area contributed by atoms with Crippen LogP contribution in [0, 0.1) is 11.3 Å². The Kier molecular flexibility index (Phi) is 6.25. The van der Waals surface area contributed by atoms with Crippen LogP contribution in [-0.2, 0) is 13.6 Å². The third-order valence-electron chi connectivity index (χ3n) is 4.89. The fraction of sp³-hybridized carbons (Fsp3) is 0.333. The lowest BCUT2D eigenvalue weighted by atomic mass is 10.1. The number of anilines is 2. The Balaban J connectivity index is 2.07. The summed E-state index contributed by atoms with van der Waals surface area (Å²) in [6, 6.07) is 8.87. The Labute approximate surface area is 178 Å². The van der Waals surface area contributed by atoms with Gasteiger partial charge in [-0.2, -0.15) is 5.26 Å². The number of Topliss-reactive ketones (excluding diaryl/α,β-unsaturated/α-hetero) is 1. The largest absolute Gasteiger partial charge is 0.393 e. The smallest absolute Gasteiger partial charge is 0.328 e. The van der Waals surface area contributed by atoms with Gasteiger partial charge in [-0.05, 0) is 37.6 Å². The van der Waals surface area contributed by atoms with Crippen molar-refractivity contribution in [3.05, 3.63) is 51.2 Å². The average Bonchev–Trinajstić information content (AvgIpc) is 2.95. The maximum Gasteiger partial charge on any atom is 0.328 e. The van der Waals surface area contributed by atoms with Gasteiger partial charge in [0.15, 0.2) is 5.78 Å². The number of hydrogen-bond acceptors (Lipinski definition) is 6. The molecule has 0 fully saturated rings. The molecule has 1 atom stereocenters. The van der Waals surface area contributed by atoms with Crippen molar-refractivity contribution in [1.82, 2.24) is 14.1 Å². The molecule has 2 N–H and O–H groups in total. The molecule has 0 saturated carbocycles. The van der Waals surface area contributed by atoms with E-state index >= 15 is 0 Å². The predicted octanol–water partition coefficient (Wildman–Crippen LogP) is 3.37. The number of ketones is 1. The molecule has 0 aliphatic rings. The van der Waals surface area contributed by atoms with Gasteiger partial charge in [-0.15, -0.1) is 0 Å². The molecule has 9 heteroatoms. The summed E-state index contributed by atoms with van der Waals surface area (Å²) in [5.41, 5.74) is 2.55. The first kappa shape index (κ1) is 21.6. The van der Waals surface area contributed by atoms with E-state index in [0.717, 1.165) is 5.52 Å².